The Balaban J connectivity index is 1.15. The molecule has 2 aliphatic heterocycles. The third-order valence-electron chi connectivity index (χ3n) is 6.99. The maximum Gasteiger partial charge on any atom is 0.407 e. The Morgan fingerprint density at radius 2 is 1.54 bits per heavy atom. The Kier molecular flexibility index (Phi) is 6.70. The van der Waals surface area contributed by atoms with Crippen molar-refractivity contribution >= 4 is 18.0 Å². The van der Waals surface area contributed by atoms with E-state index in [9.17, 15) is 19.5 Å². The number of fused-ring (bicyclic) bond motifs is 3. The van der Waals surface area contributed by atoms with Crippen LogP contribution in [0.4, 0.5) is 4.79 Å². The number of nitrogens with one attached hydrogen (secondary N) is 2. The van der Waals surface area contributed by atoms with Crippen LogP contribution in [0.1, 0.15) is 29.9 Å². The summed E-state index contributed by atoms with van der Waals surface area (Å²) < 4.78 is 16.4. The van der Waals surface area contributed by atoms with E-state index >= 15 is 0 Å². The summed E-state index contributed by atoms with van der Waals surface area (Å²) in [5.41, 5.74) is 4.55. The fourth-order valence-electron chi connectivity index (χ4n) is 5.24. The standard InChI is InChI=1S/C26H28N2O7/c29-24(27-13-15-9-11-33-22(15)25(30)31)23-21(10-12-34-23)28-26(32)35-14-20-18-7-3-1-5-16(18)17-6-2-4-8-19(17)20/h1-8,15,20-23H,9-14H2,(H,27,29)(H,28,32)(H,30,31)/t15-,21+,22-,23-/m0/s1. The molecule has 0 aromatic heterocycles. The van der Waals surface area contributed by atoms with Crippen molar-refractivity contribution in [1.29, 1.82) is 0 Å². The van der Waals surface area contributed by atoms with E-state index in [0.717, 1.165) is 22.3 Å². The van der Waals surface area contributed by atoms with Gasteiger partial charge in [0.2, 0.25) is 0 Å². The lowest BCUT2D eigenvalue weighted by Gasteiger charge is -2.21. The van der Waals surface area contributed by atoms with Gasteiger partial charge in [-0.05, 0) is 35.1 Å². The molecule has 1 aliphatic carbocycles. The number of ether oxygens (including phenoxy) is 3. The zero-order valence-corrected chi connectivity index (χ0v) is 19.1. The molecule has 0 bridgehead atoms. The molecule has 5 rings (SSSR count). The molecule has 9 nitrogen and oxygen atoms in total. The van der Waals surface area contributed by atoms with Crippen molar-refractivity contribution in [2.45, 2.75) is 37.0 Å². The van der Waals surface area contributed by atoms with E-state index in [1.54, 1.807) is 0 Å². The summed E-state index contributed by atoms with van der Waals surface area (Å²) in [5.74, 6) is -1.77. The molecule has 0 radical (unpaired) electrons. The van der Waals surface area contributed by atoms with Crippen molar-refractivity contribution in [3.8, 4) is 11.1 Å². The first-order valence-electron chi connectivity index (χ1n) is 11.9. The number of amides is 2. The first kappa shape index (κ1) is 23.3. The van der Waals surface area contributed by atoms with E-state index in [4.69, 9.17) is 14.2 Å². The fraction of sp³-hybridized carbons (Fsp3) is 0.423. The largest absolute Gasteiger partial charge is 0.479 e. The van der Waals surface area contributed by atoms with Crippen LogP contribution >= 0.6 is 0 Å². The minimum Gasteiger partial charge on any atom is -0.479 e. The molecule has 0 unspecified atom stereocenters. The average Bonchev–Trinajstić information content (AvgIpc) is 3.59. The van der Waals surface area contributed by atoms with E-state index in [1.807, 2.05) is 24.3 Å². The van der Waals surface area contributed by atoms with Crippen LogP contribution < -0.4 is 10.6 Å². The van der Waals surface area contributed by atoms with Gasteiger partial charge in [0.05, 0.1) is 6.04 Å². The van der Waals surface area contributed by atoms with Crippen LogP contribution in [0.5, 0.6) is 0 Å². The number of carboxylic acids is 1. The van der Waals surface area contributed by atoms with Crippen molar-refractivity contribution in [2.75, 3.05) is 26.4 Å². The zero-order valence-electron chi connectivity index (χ0n) is 19.1. The van der Waals surface area contributed by atoms with Gasteiger partial charge in [0.25, 0.3) is 5.91 Å². The van der Waals surface area contributed by atoms with Crippen molar-refractivity contribution in [1.82, 2.24) is 10.6 Å². The van der Waals surface area contributed by atoms with Crippen LogP contribution in [0.3, 0.4) is 0 Å². The highest BCUT2D eigenvalue weighted by atomic mass is 16.6. The van der Waals surface area contributed by atoms with Gasteiger partial charge in [0.1, 0.15) is 6.61 Å². The Labute approximate surface area is 202 Å². The SMILES string of the molecule is O=C(N[C@@H]1CCO[C@@H]1C(=O)NC[C@@H]1CCO[C@@H]1C(=O)O)OCC1c2ccccc2-c2ccccc21. The number of hydrogen-bond donors (Lipinski definition) is 3. The van der Waals surface area contributed by atoms with Gasteiger partial charge in [-0.25, -0.2) is 9.59 Å². The van der Waals surface area contributed by atoms with Crippen LogP contribution in [-0.4, -0.2) is 67.7 Å². The molecule has 2 aromatic carbocycles. The summed E-state index contributed by atoms with van der Waals surface area (Å²) in [5, 5.41) is 14.7. The second-order valence-corrected chi connectivity index (χ2v) is 9.08. The molecule has 2 saturated heterocycles. The fourth-order valence-corrected chi connectivity index (χ4v) is 5.24. The molecule has 2 aromatic rings. The molecule has 184 valence electrons. The minimum absolute atomic E-state index is 0.0529. The van der Waals surface area contributed by atoms with Gasteiger partial charge in [0.15, 0.2) is 12.2 Å². The highest BCUT2D eigenvalue weighted by Crippen LogP contribution is 2.44. The summed E-state index contributed by atoms with van der Waals surface area (Å²) >= 11 is 0. The second-order valence-electron chi connectivity index (χ2n) is 9.08. The summed E-state index contributed by atoms with van der Waals surface area (Å²) in [4.78, 5) is 36.6. The minimum atomic E-state index is -1.03. The third-order valence-corrected chi connectivity index (χ3v) is 6.99. The molecule has 2 fully saturated rings. The Bertz CT molecular complexity index is 1070. The number of benzene rings is 2. The predicted octanol–water partition coefficient (Wildman–Crippen LogP) is 2.29. The predicted molar refractivity (Wildman–Crippen MR) is 125 cm³/mol. The number of aliphatic carboxylic acids is 1. The molecule has 9 heteroatoms. The van der Waals surface area contributed by atoms with Crippen LogP contribution in [0.15, 0.2) is 48.5 Å². The van der Waals surface area contributed by atoms with Crippen molar-refractivity contribution in [3.63, 3.8) is 0 Å². The molecule has 2 amide bonds. The first-order valence-corrected chi connectivity index (χ1v) is 11.9. The maximum atomic E-state index is 12.7. The Morgan fingerprint density at radius 3 is 2.23 bits per heavy atom. The molecule has 35 heavy (non-hydrogen) atoms. The topological polar surface area (TPSA) is 123 Å². The normalized spacial score (nSPS) is 25.0. The van der Waals surface area contributed by atoms with Gasteiger partial charge in [-0.2, -0.15) is 0 Å². The summed E-state index contributed by atoms with van der Waals surface area (Å²) in [6.45, 7) is 1.04. The van der Waals surface area contributed by atoms with Crippen LogP contribution in [0.25, 0.3) is 11.1 Å². The summed E-state index contributed by atoms with van der Waals surface area (Å²) in [7, 11) is 0. The molecule has 4 atom stereocenters. The summed E-state index contributed by atoms with van der Waals surface area (Å²) in [6.07, 6.45) is -1.34. The van der Waals surface area contributed by atoms with Crippen molar-refractivity contribution < 1.29 is 33.7 Å². The van der Waals surface area contributed by atoms with E-state index in [2.05, 4.69) is 34.9 Å². The van der Waals surface area contributed by atoms with Gasteiger partial charge in [-0.15, -0.1) is 0 Å². The van der Waals surface area contributed by atoms with Crippen LogP contribution in [0, 0.1) is 5.92 Å². The van der Waals surface area contributed by atoms with Crippen LogP contribution in [-0.2, 0) is 23.8 Å². The monoisotopic (exact) mass is 480 g/mol. The lowest BCUT2D eigenvalue weighted by Crippen LogP contribution is -2.49. The maximum absolute atomic E-state index is 12.7. The molecular formula is C26H28N2O7. The van der Waals surface area contributed by atoms with Gasteiger partial charge in [0, 0.05) is 31.6 Å². The molecular weight excluding hydrogens is 452 g/mol. The van der Waals surface area contributed by atoms with E-state index in [-0.39, 0.29) is 30.9 Å². The third kappa shape index (κ3) is 4.74. The van der Waals surface area contributed by atoms with Gasteiger partial charge in [-0.1, -0.05) is 48.5 Å². The highest BCUT2D eigenvalue weighted by molar-refractivity contribution is 5.83. The van der Waals surface area contributed by atoms with Crippen molar-refractivity contribution in [2.24, 2.45) is 5.92 Å². The van der Waals surface area contributed by atoms with Crippen LogP contribution in [0.2, 0.25) is 0 Å². The average molecular weight is 481 g/mol. The number of rotatable bonds is 7. The zero-order chi connectivity index (χ0) is 24.4. The Hall–Kier alpha value is -3.43. The lowest BCUT2D eigenvalue weighted by atomic mass is 9.98. The molecule has 3 N–H and O–H groups in total. The number of alkyl carbamates (subject to hydrolysis) is 1. The molecule has 0 saturated carbocycles. The van der Waals surface area contributed by atoms with E-state index in [1.165, 1.54) is 0 Å². The van der Waals surface area contributed by atoms with Gasteiger partial charge in [-0.3, -0.25) is 4.79 Å². The van der Waals surface area contributed by atoms with Gasteiger partial charge < -0.3 is 30.0 Å². The van der Waals surface area contributed by atoms with Crippen molar-refractivity contribution in [3.05, 3.63) is 59.7 Å². The number of carboxylic acid groups (broad SMARTS) is 1. The van der Waals surface area contributed by atoms with E-state index in [0.29, 0.717) is 26.1 Å². The highest BCUT2D eigenvalue weighted by Gasteiger charge is 2.38. The number of hydrogen-bond acceptors (Lipinski definition) is 6. The summed E-state index contributed by atoms with van der Waals surface area (Å²) in [6, 6.07) is 15.7. The number of carbonyl (C=O) groups is 3. The molecule has 3 aliphatic rings. The number of carbonyl (C=O) groups excluding carboxylic acids is 2. The first-order chi connectivity index (χ1) is 17.0. The lowest BCUT2D eigenvalue weighted by molar-refractivity contribution is -0.149. The van der Waals surface area contributed by atoms with Gasteiger partial charge >= 0.3 is 12.1 Å². The molecule has 2 heterocycles. The quantitative estimate of drug-likeness (QED) is 0.556. The Morgan fingerprint density at radius 1 is 0.914 bits per heavy atom. The smallest absolute Gasteiger partial charge is 0.407 e. The van der Waals surface area contributed by atoms with E-state index < -0.39 is 30.3 Å². The molecule has 0 spiro atoms. The second kappa shape index (κ2) is 10.1.